The Bertz CT molecular complexity index is 520. The minimum absolute atomic E-state index is 0.0921. The number of nitrogens with one attached hydrogen (secondary N) is 2. The summed E-state index contributed by atoms with van der Waals surface area (Å²) in [5.41, 5.74) is 2.53. The molecule has 1 fully saturated rings. The number of urea groups is 1. The second kappa shape index (κ2) is 8.56. The molecule has 1 aromatic carbocycles. The van der Waals surface area contributed by atoms with E-state index in [-0.39, 0.29) is 18.0 Å². The van der Waals surface area contributed by atoms with Gasteiger partial charge in [0.2, 0.25) is 0 Å². The van der Waals surface area contributed by atoms with Crippen LogP contribution >= 0.6 is 0 Å². The highest BCUT2D eigenvalue weighted by Crippen LogP contribution is 2.24. The van der Waals surface area contributed by atoms with Gasteiger partial charge in [-0.3, -0.25) is 4.79 Å². The van der Waals surface area contributed by atoms with Gasteiger partial charge < -0.3 is 15.7 Å². The van der Waals surface area contributed by atoms with Gasteiger partial charge in [-0.1, -0.05) is 31.2 Å². The first kappa shape index (κ1) is 17.3. The van der Waals surface area contributed by atoms with Crippen LogP contribution in [0.1, 0.15) is 43.7 Å². The van der Waals surface area contributed by atoms with Crippen LogP contribution in [0.4, 0.5) is 4.79 Å². The summed E-state index contributed by atoms with van der Waals surface area (Å²) in [6.45, 7) is 2.73. The van der Waals surface area contributed by atoms with Crippen LogP contribution < -0.4 is 10.6 Å². The van der Waals surface area contributed by atoms with E-state index in [9.17, 15) is 9.59 Å². The van der Waals surface area contributed by atoms with Crippen molar-refractivity contribution in [2.24, 2.45) is 5.92 Å². The maximum Gasteiger partial charge on any atom is 0.315 e. The number of carboxylic acid groups (broad SMARTS) is 1. The maximum atomic E-state index is 11.9. The van der Waals surface area contributed by atoms with E-state index in [1.807, 2.05) is 0 Å². The Morgan fingerprint density at radius 2 is 1.70 bits per heavy atom. The van der Waals surface area contributed by atoms with Crippen molar-refractivity contribution in [1.82, 2.24) is 10.6 Å². The van der Waals surface area contributed by atoms with E-state index in [1.165, 1.54) is 11.1 Å². The van der Waals surface area contributed by atoms with Crippen molar-refractivity contribution >= 4 is 12.0 Å². The fraction of sp³-hybridized carbons (Fsp3) is 0.556. The largest absolute Gasteiger partial charge is 0.481 e. The Hall–Kier alpha value is -2.04. The third-order valence-electron chi connectivity index (χ3n) is 4.54. The van der Waals surface area contributed by atoms with E-state index < -0.39 is 5.97 Å². The highest BCUT2D eigenvalue weighted by atomic mass is 16.4. The van der Waals surface area contributed by atoms with Gasteiger partial charge in [0.25, 0.3) is 0 Å². The molecule has 0 bridgehead atoms. The van der Waals surface area contributed by atoms with Crippen LogP contribution in [0.15, 0.2) is 24.3 Å². The lowest BCUT2D eigenvalue weighted by atomic mass is 9.86. The summed E-state index contributed by atoms with van der Waals surface area (Å²) in [6, 6.07) is 8.38. The third kappa shape index (κ3) is 5.58. The van der Waals surface area contributed by atoms with Crippen LogP contribution in [-0.2, 0) is 17.6 Å². The Kier molecular flexibility index (Phi) is 6.44. The molecule has 0 spiro atoms. The van der Waals surface area contributed by atoms with E-state index in [1.54, 1.807) is 0 Å². The molecule has 1 aliphatic rings. The summed E-state index contributed by atoms with van der Waals surface area (Å²) in [6.07, 6.45) is 4.61. The molecule has 1 saturated carbocycles. The molecular weight excluding hydrogens is 292 g/mol. The van der Waals surface area contributed by atoms with Crippen LogP contribution in [0.2, 0.25) is 0 Å². The molecule has 5 heteroatoms. The van der Waals surface area contributed by atoms with Crippen LogP contribution in [0.25, 0.3) is 0 Å². The lowest BCUT2D eigenvalue weighted by molar-refractivity contribution is -0.142. The van der Waals surface area contributed by atoms with Crippen LogP contribution in [-0.4, -0.2) is 29.7 Å². The number of benzene rings is 1. The molecule has 1 aliphatic carbocycles. The molecule has 2 rings (SSSR count). The summed E-state index contributed by atoms with van der Waals surface area (Å²) in [7, 11) is 0. The van der Waals surface area contributed by atoms with Crippen molar-refractivity contribution in [2.45, 2.75) is 51.5 Å². The zero-order chi connectivity index (χ0) is 16.7. The Morgan fingerprint density at radius 1 is 1.09 bits per heavy atom. The van der Waals surface area contributed by atoms with Gasteiger partial charge in [0.15, 0.2) is 0 Å². The smallest absolute Gasteiger partial charge is 0.315 e. The van der Waals surface area contributed by atoms with Crippen molar-refractivity contribution in [2.75, 3.05) is 6.54 Å². The molecule has 0 aliphatic heterocycles. The number of amides is 2. The van der Waals surface area contributed by atoms with Gasteiger partial charge in [0.1, 0.15) is 0 Å². The summed E-state index contributed by atoms with van der Waals surface area (Å²) in [5, 5.41) is 14.8. The molecular formula is C18H26N2O3. The van der Waals surface area contributed by atoms with Gasteiger partial charge in [-0.15, -0.1) is 0 Å². The maximum absolute atomic E-state index is 11.9. The van der Waals surface area contributed by atoms with Gasteiger partial charge in [0, 0.05) is 12.6 Å². The van der Waals surface area contributed by atoms with Gasteiger partial charge in [0.05, 0.1) is 5.92 Å². The molecule has 1 aromatic rings. The van der Waals surface area contributed by atoms with Crippen LogP contribution in [0.5, 0.6) is 0 Å². The molecule has 23 heavy (non-hydrogen) atoms. The molecule has 126 valence electrons. The molecule has 3 N–H and O–H groups in total. The first-order chi connectivity index (χ1) is 11.1. The normalized spacial score (nSPS) is 20.7. The van der Waals surface area contributed by atoms with Crippen molar-refractivity contribution in [3.63, 3.8) is 0 Å². The number of hydrogen-bond acceptors (Lipinski definition) is 2. The average molecular weight is 318 g/mol. The van der Waals surface area contributed by atoms with E-state index in [0.717, 1.165) is 25.7 Å². The predicted octanol–water partition coefficient (Wildman–Crippen LogP) is 2.73. The number of carboxylic acids is 1. The predicted molar refractivity (Wildman–Crippen MR) is 89.4 cm³/mol. The number of hydrogen-bond donors (Lipinski definition) is 3. The fourth-order valence-electron chi connectivity index (χ4n) is 2.98. The monoisotopic (exact) mass is 318 g/mol. The minimum Gasteiger partial charge on any atom is -0.481 e. The number of aryl methyl sites for hydroxylation is 1. The molecule has 0 radical (unpaired) electrons. The highest BCUT2D eigenvalue weighted by Gasteiger charge is 2.26. The average Bonchev–Trinajstić information content (AvgIpc) is 2.56. The number of carbonyl (C=O) groups is 2. The zero-order valence-electron chi connectivity index (χ0n) is 13.7. The molecule has 5 nitrogen and oxygen atoms in total. The summed E-state index contributed by atoms with van der Waals surface area (Å²) in [5.74, 6) is -0.968. The van der Waals surface area contributed by atoms with Gasteiger partial charge in [-0.05, 0) is 49.7 Å². The second-order valence-corrected chi connectivity index (χ2v) is 6.21. The number of aliphatic carboxylic acids is 1. The van der Waals surface area contributed by atoms with E-state index in [4.69, 9.17) is 5.11 Å². The first-order valence-corrected chi connectivity index (χ1v) is 8.43. The quantitative estimate of drug-likeness (QED) is 0.754. The summed E-state index contributed by atoms with van der Waals surface area (Å²) < 4.78 is 0. The van der Waals surface area contributed by atoms with Crippen molar-refractivity contribution in [3.05, 3.63) is 35.4 Å². The molecule has 0 aromatic heterocycles. The van der Waals surface area contributed by atoms with Crippen LogP contribution in [0, 0.1) is 5.92 Å². The topological polar surface area (TPSA) is 78.4 Å². The van der Waals surface area contributed by atoms with Crippen molar-refractivity contribution in [3.8, 4) is 0 Å². The number of rotatable bonds is 6. The van der Waals surface area contributed by atoms with Gasteiger partial charge >= 0.3 is 12.0 Å². The highest BCUT2D eigenvalue weighted by molar-refractivity contribution is 5.74. The lowest BCUT2D eigenvalue weighted by Crippen LogP contribution is -2.44. The molecule has 0 heterocycles. The fourth-order valence-corrected chi connectivity index (χ4v) is 2.98. The summed E-state index contributed by atoms with van der Waals surface area (Å²) >= 11 is 0. The van der Waals surface area contributed by atoms with E-state index in [0.29, 0.717) is 19.4 Å². The third-order valence-corrected chi connectivity index (χ3v) is 4.54. The Balaban J connectivity index is 1.64. The second-order valence-electron chi connectivity index (χ2n) is 6.21. The molecule has 0 atom stereocenters. The standard InChI is InChI=1S/C18H26N2O3/c1-2-13-3-5-14(6-4-13)11-12-19-18(23)20-16-9-7-15(8-10-16)17(21)22/h3-6,15-16H,2,7-12H2,1H3,(H,21,22)(H2,19,20,23). The zero-order valence-corrected chi connectivity index (χ0v) is 13.7. The summed E-state index contributed by atoms with van der Waals surface area (Å²) in [4.78, 5) is 22.8. The molecule has 2 amide bonds. The first-order valence-electron chi connectivity index (χ1n) is 8.43. The van der Waals surface area contributed by atoms with Crippen molar-refractivity contribution < 1.29 is 14.7 Å². The van der Waals surface area contributed by atoms with Gasteiger partial charge in [-0.2, -0.15) is 0 Å². The lowest BCUT2D eigenvalue weighted by Gasteiger charge is -2.26. The Morgan fingerprint density at radius 3 is 2.26 bits per heavy atom. The Labute approximate surface area is 137 Å². The minimum atomic E-state index is -0.720. The number of carbonyl (C=O) groups excluding carboxylic acids is 1. The molecule has 0 unspecified atom stereocenters. The SMILES string of the molecule is CCc1ccc(CCNC(=O)NC2CCC(C(=O)O)CC2)cc1. The van der Waals surface area contributed by atoms with E-state index in [2.05, 4.69) is 41.8 Å². The van der Waals surface area contributed by atoms with E-state index >= 15 is 0 Å². The van der Waals surface area contributed by atoms with Crippen LogP contribution in [0.3, 0.4) is 0 Å². The molecule has 0 saturated heterocycles. The van der Waals surface area contributed by atoms with Gasteiger partial charge in [-0.25, -0.2) is 4.79 Å². The van der Waals surface area contributed by atoms with Crippen molar-refractivity contribution in [1.29, 1.82) is 0 Å².